The zero-order valence-corrected chi connectivity index (χ0v) is 13.1. The second-order valence-electron chi connectivity index (χ2n) is 5.95. The summed E-state index contributed by atoms with van der Waals surface area (Å²) in [5.41, 5.74) is 0. The van der Waals surface area contributed by atoms with Gasteiger partial charge in [0.1, 0.15) is 11.0 Å². The Bertz CT molecular complexity index is 505. The third-order valence-corrected chi connectivity index (χ3v) is 4.52. The van der Waals surface area contributed by atoms with Crippen LogP contribution in [0.25, 0.3) is 0 Å². The van der Waals surface area contributed by atoms with Gasteiger partial charge in [0.15, 0.2) is 0 Å². The second kappa shape index (κ2) is 6.34. The van der Waals surface area contributed by atoms with E-state index >= 15 is 0 Å². The molecule has 0 atom stereocenters. The first-order valence-corrected chi connectivity index (χ1v) is 7.90. The number of hydrogen-bond donors (Lipinski definition) is 1. The van der Waals surface area contributed by atoms with Crippen LogP contribution in [0.1, 0.15) is 18.7 Å². The predicted octanol–water partition coefficient (Wildman–Crippen LogP) is 0.470. The van der Waals surface area contributed by atoms with Crippen molar-refractivity contribution in [2.75, 3.05) is 32.7 Å². The molecule has 2 fully saturated rings. The number of hydrogen-bond acceptors (Lipinski definition) is 4. The molecule has 2 aliphatic rings. The first-order valence-electron chi connectivity index (χ1n) is 7.52. The molecular weight excluding hydrogens is 290 g/mol. The number of halogens is 1. The molecule has 1 N–H and O–H groups in total. The molecule has 0 radical (unpaired) electrons. The lowest BCUT2D eigenvalue weighted by Crippen LogP contribution is -2.49. The number of piperazine rings is 1. The average Bonchev–Trinajstić information content (AvgIpc) is 3.22. The standard InChI is InChI=1S/C14H22ClN5O/c1-18-12(15)8-16-13(18)9-19-4-6-20(7-5-19)10-14(21)17-11-2-3-11/h8,11H,2-7,9-10H2,1H3,(H,17,21). The first-order chi connectivity index (χ1) is 10.1. The van der Waals surface area contributed by atoms with Crippen molar-refractivity contribution in [3.63, 3.8) is 0 Å². The summed E-state index contributed by atoms with van der Waals surface area (Å²) < 4.78 is 1.91. The van der Waals surface area contributed by atoms with Crippen molar-refractivity contribution in [1.82, 2.24) is 24.7 Å². The van der Waals surface area contributed by atoms with E-state index in [0.29, 0.717) is 17.7 Å². The summed E-state index contributed by atoms with van der Waals surface area (Å²) in [5.74, 6) is 1.15. The van der Waals surface area contributed by atoms with Gasteiger partial charge in [0.2, 0.25) is 5.91 Å². The third-order valence-electron chi connectivity index (χ3n) is 4.17. The largest absolute Gasteiger partial charge is 0.352 e. The number of carbonyl (C=O) groups excluding carboxylic acids is 1. The third kappa shape index (κ3) is 3.96. The fourth-order valence-corrected chi connectivity index (χ4v) is 2.73. The van der Waals surface area contributed by atoms with Gasteiger partial charge in [0, 0.05) is 39.3 Å². The van der Waals surface area contributed by atoms with Crippen LogP contribution < -0.4 is 5.32 Å². The number of aromatic nitrogens is 2. The van der Waals surface area contributed by atoms with E-state index in [0.717, 1.165) is 51.4 Å². The highest BCUT2D eigenvalue weighted by atomic mass is 35.5. The SMILES string of the molecule is Cn1c(Cl)cnc1CN1CCN(CC(=O)NC2CC2)CC1. The fourth-order valence-electron chi connectivity index (χ4n) is 2.58. The number of carbonyl (C=O) groups is 1. The van der Waals surface area contributed by atoms with Crippen LogP contribution in [0.5, 0.6) is 0 Å². The molecular formula is C14H22ClN5O. The van der Waals surface area contributed by atoms with Crippen molar-refractivity contribution >= 4 is 17.5 Å². The van der Waals surface area contributed by atoms with E-state index in [1.165, 1.54) is 0 Å². The van der Waals surface area contributed by atoms with Gasteiger partial charge >= 0.3 is 0 Å². The van der Waals surface area contributed by atoms with Gasteiger partial charge < -0.3 is 9.88 Å². The molecule has 1 aromatic rings. The normalized spacial score (nSPS) is 20.7. The monoisotopic (exact) mass is 311 g/mol. The van der Waals surface area contributed by atoms with Crippen molar-refractivity contribution in [3.05, 3.63) is 17.2 Å². The Hall–Kier alpha value is -1.11. The smallest absolute Gasteiger partial charge is 0.234 e. The molecule has 1 aliphatic carbocycles. The van der Waals surface area contributed by atoms with Crippen LogP contribution in [0, 0.1) is 0 Å². The molecule has 0 bridgehead atoms. The molecule has 1 amide bonds. The minimum Gasteiger partial charge on any atom is -0.352 e. The molecule has 0 aromatic carbocycles. The van der Waals surface area contributed by atoms with E-state index in [2.05, 4.69) is 20.1 Å². The fraction of sp³-hybridized carbons (Fsp3) is 0.714. The van der Waals surface area contributed by atoms with Crippen LogP contribution in [0.15, 0.2) is 6.20 Å². The van der Waals surface area contributed by atoms with Crippen LogP contribution in [0.3, 0.4) is 0 Å². The molecule has 21 heavy (non-hydrogen) atoms. The maximum Gasteiger partial charge on any atom is 0.234 e. The topological polar surface area (TPSA) is 53.4 Å². The van der Waals surface area contributed by atoms with Gasteiger partial charge in [-0.2, -0.15) is 0 Å². The number of nitrogens with zero attached hydrogens (tertiary/aromatic N) is 4. The molecule has 7 heteroatoms. The molecule has 116 valence electrons. The highest BCUT2D eigenvalue weighted by Gasteiger charge is 2.25. The molecule has 2 heterocycles. The van der Waals surface area contributed by atoms with Crippen LogP contribution in [0.4, 0.5) is 0 Å². The van der Waals surface area contributed by atoms with Crippen molar-refractivity contribution in [2.45, 2.75) is 25.4 Å². The molecule has 1 saturated heterocycles. The zero-order chi connectivity index (χ0) is 14.8. The molecule has 1 saturated carbocycles. The highest BCUT2D eigenvalue weighted by Crippen LogP contribution is 2.18. The first kappa shape index (κ1) is 14.8. The lowest BCUT2D eigenvalue weighted by molar-refractivity contribution is -0.122. The minimum absolute atomic E-state index is 0.168. The van der Waals surface area contributed by atoms with Crippen LogP contribution in [-0.4, -0.2) is 64.0 Å². The Balaban J connectivity index is 1.42. The quantitative estimate of drug-likeness (QED) is 0.859. The van der Waals surface area contributed by atoms with Gasteiger partial charge in [0.05, 0.1) is 19.3 Å². The van der Waals surface area contributed by atoms with E-state index in [1.807, 2.05) is 11.6 Å². The Labute approximate surface area is 130 Å². The van der Waals surface area contributed by atoms with Crippen LogP contribution >= 0.6 is 11.6 Å². The number of amides is 1. The maximum absolute atomic E-state index is 11.8. The summed E-state index contributed by atoms with van der Waals surface area (Å²) in [5, 5.41) is 3.71. The van der Waals surface area contributed by atoms with E-state index in [9.17, 15) is 4.79 Å². The summed E-state index contributed by atoms with van der Waals surface area (Å²) in [6, 6.07) is 0.451. The van der Waals surface area contributed by atoms with Crippen LogP contribution in [-0.2, 0) is 18.4 Å². The van der Waals surface area contributed by atoms with Crippen molar-refractivity contribution in [1.29, 1.82) is 0 Å². The Morgan fingerprint density at radius 1 is 1.33 bits per heavy atom. The molecule has 0 spiro atoms. The Morgan fingerprint density at radius 2 is 2.00 bits per heavy atom. The van der Waals surface area contributed by atoms with Gasteiger partial charge in [-0.3, -0.25) is 14.6 Å². The summed E-state index contributed by atoms with van der Waals surface area (Å²) in [7, 11) is 1.93. The van der Waals surface area contributed by atoms with Gasteiger partial charge in [0.25, 0.3) is 0 Å². The molecule has 3 rings (SSSR count). The lowest BCUT2D eigenvalue weighted by atomic mass is 10.3. The van der Waals surface area contributed by atoms with Crippen molar-refractivity contribution in [3.8, 4) is 0 Å². The Morgan fingerprint density at radius 3 is 2.57 bits per heavy atom. The summed E-state index contributed by atoms with van der Waals surface area (Å²) in [4.78, 5) is 20.7. The molecule has 0 unspecified atom stereocenters. The number of rotatable bonds is 5. The molecule has 6 nitrogen and oxygen atoms in total. The van der Waals surface area contributed by atoms with E-state index in [4.69, 9.17) is 11.6 Å². The predicted molar refractivity (Wildman–Crippen MR) is 81.1 cm³/mol. The summed E-state index contributed by atoms with van der Waals surface area (Å²) in [6.45, 7) is 5.11. The summed E-state index contributed by atoms with van der Waals surface area (Å²) >= 11 is 6.00. The number of imidazole rings is 1. The lowest BCUT2D eigenvalue weighted by Gasteiger charge is -2.34. The van der Waals surface area contributed by atoms with E-state index in [1.54, 1.807) is 6.20 Å². The van der Waals surface area contributed by atoms with E-state index in [-0.39, 0.29) is 5.91 Å². The van der Waals surface area contributed by atoms with Gasteiger partial charge in [-0.05, 0) is 12.8 Å². The van der Waals surface area contributed by atoms with Gasteiger partial charge in [-0.25, -0.2) is 4.98 Å². The van der Waals surface area contributed by atoms with Gasteiger partial charge in [-0.1, -0.05) is 11.6 Å². The average molecular weight is 312 g/mol. The van der Waals surface area contributed by atoms with Crippen molar-refractivity contribution in [2.24, 2.45) is 7.05 Å². The minimum atomic E-state index is 0.168. The van der Waals surface area contributed by atoms with E-state index < -0.39 is 0 Å². The second-order valence-corrected chi connectivity index (χ2v) is 6.34. The van der Waals surface area contributed by atoms with Gasteiger partial charge in [-0.15, -0.1) is 0 Å². The Kier molecular flexibility index (Phi) is 4.47. The highest BCUT2D eigenvalue weighted by molar-refractivity contribution is 6.29. The van der Waals surface area contributed by atoms with Crippen molar-refractivity contribution < 1.29 is 4.79 Å². The maximum atomic E-state index is 11.8. The molecule has 1 aliphatic heterocycles. The molecule has 1 aromatic heterocycles. The summed E-state index contributed by atoms with van der Waals surface area (Å²) in [6.07, 6.45) is 3.98. The van der Waals surface area contributed by atoms with Crippen LogP contribution in [0.2, 0.25) is 5.15 Å². The zero-order valence-electron chi connectivity index (χ0n) is 12.4. The number of nitrogens with one attached hydrogen (secondary N) is 1.